The highest BCUT2D eigenvalue weighted by Gasteiger charge is 2.62. The number of nitrogens with one attached hydrogen (secondary N) is 1. The summed E-state index contributed by atoms with van der Waals surface area (Å²) < 4.78 is 0. The molecule has 0 aliphatic carbocycles. The van der Waals surface area contributed by atoms with Crippen LogP contribution in [0.25, 0.3) is 0 Å². The van der Waals surface area contributed by atoms with Gasteiger partial charge in [0, 0.05) is 12.7 Å². The van der Waals surface area contributed by atoms with E-state index in [1.54, 1.807) is 6.92 Å². The Labute approximate surface area is 194 Å². The average molecular weight is 474 g/mol. The first-order valence-electron chi connectivity index (χ1n) is 10.4. The Kier molecular flexibility index (Phi) is 8.09. The van der Waals surface area contributed by atoms with E-state index in [4.69, 9.17) is 0 Å². The number of thioether (sulfide) groups is 1. The quantitative estimate of drug-likeness (QED) is 0.508. The fraction of sp³-hybridized carbons (Fsp3) is 0.375. The number of carboxylic acids is 1. The molecule has 32 heavy (non-hydrogen) atoms. The molecule has 2 rings (SSSR count). The van der Waals surface area contributed by atoms with Crippen molar-refractivity contribution < 1.29 is 24.6 Å². The molecule has 2 aromatic carbocycles. The van der Waals surface area contributed by atoms with Crippen molar-refractivity contribution in [2.75, 3.05) is 5.75 Å². The van der Waals surface area contributed by atoms with Gasteiger partial charge >= 0.3 is 5.97 Å². The molecule has 0 heterocycles. The largest absolute Gasteiger partial charge is 0.480 e. The molecule has 172 valence electrons. The smallest absolute Gasteiger partial charge is 0.327 e. The first-order chi connectivity index (χ1) is 14.9. The molecule has 1 amide bonds. The molecule has 0 aromatic heterocycles. The zero-order valence-corrected chi connectivity index (χ0v) is 20.9. The molecule has 8 heteroatoms. The maximum atomic E-state index is 13.6. The predicted octanol–water partition coefficient (Wildman–Crippen LogP) is 2.19. The zero-order chi connectivity index (χ0) is 24.2. The maximum Gasteiger partial charge on any atom is 0.327 e. The number of aliphatic hydroxyl groups is 1. The normalized spacial score (nSPS) is 14.8. The van der Waals surface area contributed by atoms with Crippen LogP contribution in [0.3, 0.4) is 0 Å². The Bertz CT molecular complexity index is 918. The third kappa shape index (κ3) is 4.97. The SMILES string of the molecule is CC(=O)N[C@@H](CSC(=O)C(C)(O)[Si](c1ccccc1)(c1ccccc1)C(C)(C)C)C(=O)O. The van der Waals surface area contributed by atoms with Crippen molar-refractivity contribution in [1.29, 1.82) is 0 Å². The number of carboxylic acid groups (broad SMARTS) is 1. The number of aliphatic carboxylic acids is 1. The Morgan fingerprint density at radius 1 is 0.938 bits per heavy atom. The lowest BCUT2D eigenvalue weighted by molar-refractivity contribution is -0.140. The van der Waals surface area contributed by atoms with Crippen LogP contribution < -0.4 is 15.7 Å². The summed E-state index contributed by atoms with van der Waals surface area (Å²) in [5, 5.41) is 22.8. The maximum absolute atomic E-state index is 13.6. The summed E-state index contributed by atoms with van der Waals surface area (Å²) in [5.41, 5.74) is 0. The number of carbonyl (C=O) groups is 3. The molecule has 2 aromatic rings. The van der Waals surface area contributed by atoms with Crippen molar-refractivity contribution in [3.8, 4) is 0 Å². The molecule has 2 atom stereocenters. The Hall–Kier alpha value is -2.42. The molecule has 0 radical (unpaired) electrons. The van der Waals surface area contributed by atoms with Crippen molar-refractivity contribution in [3.05, 3.63) is 60.7 Å². The average Bonchev–Trinajstić information content (AvgIpc) is 2.71. The van der Waals surface area contributed by atoms with E-state index in [1.165, 1.54) is 6.92 Å². The van der Waals surface area contributed by atoms with Gasteiger partial charge in [-0.1, -0.05) is 104 Å². The number of hydrogen-bond acceptors (Lipinski definition) is 5. The summed E-state index contributed by atoms with van der Waals surface area (Å²) in [5.74, 6) is -1.91. The van der Waals surface area contributed by atoms with Gasteiger partial charge in [0.2, 0.25) is 11.0 Å². The van der Waals surface area contributed by atoms with Gasteiger partial charge in [-0.25, -0.2) is 4.79 Å². The van der Waals surface area contributed by atoms with Crippen molar-refractivity contribution in [1.82, 2.24) is 5.32 Å². The van der Waals surface area contributed by atoms with Gasteiger partial charge in [0.25, 0.3) is 0 Å². The van der Waals surface area contributed by atoms with Gasteiger partial charge in [-0.2, -0.15) is 0 Å². The van der Waals surface area contributed by atoms with E-state index in [-0.39, 0.29) is 5.75 Å². The predicted molar refractivity (Wildman–Crippen MR) is 131 cm³/mol. The molecular weight excluding hydrogens is 442 g/mol. The van der Waals surface area contributed by atoms with E-state index in [2.05, 4.69) is 5.32 Å². The van der Waals surface area contributed by atoms with E-state index in [9.17, 15) is 24.6 Å². The van der Waals surface area contributed by atoms with Gasteiger partial charge in [0.1, 0.15) is 11.3 Å². The number of hydrogen-bond donors (Lipinski definition) is 3. The number of rotatable bonds is 8. The minimum atomic E-state index is -3.22. The number of carbonyl (C=O) groups excluding carboxylic acids is 2. The van der Waals surface area contributed by atoms with Gasteiger partial charge < -0.3 is 15.5 Å². The summed E-state index contributed by atoms with van der Waals surface area (Å²) in [6.45, 7) is 8.86. The van der Waals surface area contributed by atoms with E-state index >= 15 is 0 Å². The van der Waals surface area contributed by atoms with Crippen LogP contribution in [0.2, 0.25) is 5.04 Å². The van der Waals surface area contributed by atoms with Crippen molar-refractivity contribution in [2.45, 2.75) is 50.9 Å². The fourth-order valence-corrected chi connectivity index (χ4v) is 12.4. The van der Waals surface area contributed by atoms with Crippen LogP contribution in [-0.4, -0.2) is 52.3 Å². The lowest BCUT2D eigenvalue weighted by Gasteiger charge is -2.51. The Morgan fingerprint density at radius 2 is 1.38 bits per heavy atom. The summed E-state index contributed by atoms with van der Waals surface area (Å²) in [7, 11) is -3.22. The molecule has 0 aliphatic rings. The standard InChI is InChI=1S/C24H31NO5SSi/c1-17(26)25-20(21(27)28)16-31-22(29)24(5,30)32(23(2,3)4,18-12-8-6-9-13-18)19-14-10-7-11-15-19/h6-15,20,30H,16H2,1-5H3,(H,25,26)(H,27,28)/t20-,24?/m0/s1. The Morgan fingerprint density at radius 3 is 1.72 bits per heavy atom. The van der Waals surface area contributed by atoms with Crippen LogP contribution in [0, 0.1) is 0 Å². The second kappa shape index (κ2) is 10.0. The van der Waals surface area contributed by atoms with Gasteiger partial charge in [-0.15, -0.1) is 0 Å². The molecule has 0 saturated heterocycles. The lowest BCUT2D eigenvalue weighted by Crippen LogP contribution is -2.78. The van der Waals surface area contributed by atoms with Gasteiger partial charge in [0.15, 0.2) is 8.07 Å². The van der Waals surface area contributed by atoms with Crippen LogP contribution in [0.15, 0.2) is 60.7 Å². The second-order valence-corrected chi connectivity index (χ2v) is 15.1. The Balaban J connectivity index is 2.61. The highest BCUT2D eigenvalue weighted by molar-refractivity contribution is 8.14. The molecule has 1 unspecified atom stereocenters. The molecule has 0 bridgehead atoms. The third-order valence-electron chi connectivity index (χ3n) is 5.72. The zero-order valence-electron chi connectivity index (χ0n) is 19.1. The van der Waals surface area contributed by atoms with Crippen molar-refractivity contribution >= 4 is 47.2 Å². The minimum absolute atomic E-state index is 0.178. The van der Waals surface area contributed by atoms with Crippen molar-refractivity contribution in [3.63, 3.8) is 0 Å². The summed E-state index contributed by atoms with van der Waals surface area (Å²) in [4.78, 5) is 36.4. The topological polar surface area (TPSA) is 104 Å². The third-order valence-corrected chi connectivity index (χ3v) is 13.4. The molecular formula is C24H31NO5SSi. The fourth-order valence-electron chi connectivity index (χ4n) is 4.57. The first kappa shape index (κ1) is 25.8. The van der Waals surface area contributed by atoms with Crippen molar-refractivity contribution in [2.24, 2.45) is 0 Å². The molecule has 0 saturated carbocycles. The van der Waals surface area contributed by atoms with Gasteiger partial charge in [-0.3, -0.25) is 9.59 Å². The molecule has 0 aliphatic heterocycles. The lowest BCUT2D eigenvalue weighted by atomic mass is 10.2. The van der Waals surface area contributed by atoms with Crippen LogP contribution >= 0.6 is 11.8 Å². The minimum Gasteiger partial charge on any atom is -0.480 e. The molecule has 3 N–H and O–H groups in total. The van der Waals surface area contributed by atoms with Gasteiger partial charge in [0.05, 0.1) is 0 Å². The van der Waals surface area contributed by atoms with Crippen LogP contribution in [0.1, 0.15) is 34.6 Å². The highest BCUT2D eigenvalue weighted by Crippen LogP contribution is 2.44. The summed E-state index contributed by atoms with van der Waals surface area (Å²) >= 11 is 0.744. The molecule has 0 spiro atoms. The van der Waals surface area contributed by atoms with Crippen LogP contribution in [-0.2, 0) is 14.4 Å². The van der Waals surface area contributed by atoms with Crippen LogP contribution in [0.4, 0.5) is 0 Å². The van der Waals surface area contributed by atoms with E-state index < -0.39 is 41.4 Å². The van der Waals surface area contributed by atoms with E-state index in [0.29, 0.717) is 0 Å². The second-order valence-electron chi connectivity index (χ2n) is 8.99. The number of amides is 1. The van der Waals surface area contributed by atoms with E-state index in [1.807, 2.05) is 81.4 Å². The number of benzene rings is 2. The summed E-state index contributed by atoms with van der Waals surface area (Å²) in [6, 6.07) is 18.0. The van der Waals surface area contributed by atoms with Gasteiger partial charge in [-0.05, 0) is 12.0 Å². The molecule has 6 nitrogen and oxygen atoms in total. The highest BCUT2D eigenvalue weighted by atomic mass is 32.2. The molecule has 0 fully saturated rings. The first-order valence-corrected chi connectivity index (χ1v) is 13.3. The van der Waals surface area contributed by atoms with E-state index in [0.717, 1.165) is 22.1 Å². The van der Waals surface area contributed by atoms with Crippen LogP contribution in [0.5, 0.6) is 0 Å². The monoisotopic (exact) mass is 473 g/mol. The summed E-state index contributed by atoms with van der Waals surface area (Å²) in [6.07, 6.45) is 0.